The van der Waals surface area contributed by atoms with Gasteiger partial charge >= 0.3 is 18.2 Å². The lowest BCUT2D eigenvalue weighted by molar-refractivity contribution is -0.159. The SMILES string of the molecule is CCc1c2c(nc3ccc(OCc4ccccc4)cc13)-c1cc3c(c(=O)n1C2)COC(=O)C3OC(=O)OCc1ccc(NC(=O)C(CCCNC(N)=O)NC=O)cc1. The Hall–Kier alpha value is -7.23. The molecule has 4 amide bonds. The number of nitrogens with zero attached hydrogens (tertiary/aromatic N) is 2. The molecule has 16 nitrogen and oxygen atoms in total. The van der Waals surface area contributed by atoms with Crippen LogP contribution < -0.4 is 32.0 Å². The first-order valence-corrected chi connectivity index (χ1v) is 18.7. The maximum Gasteiger partial charge on any atom is 0.509 e. The van der Waals surface area contributed by atoms with Crippen LogP contribution in [-0.2, 0) is 61.4 Å². The average molecular weight is 789 g/mol. The number of pyridine rings is 2. The number of hydrogen-bond donors (Lipinski definition) is 4. The molecule has 2 aromatic heterocycles. The van der Waals surface area contributed by atoms with E-state index in [2.05, 4.69) is 16.0 Å². The number of urea groups is 1. The molecule has 0 fully saturated rings. The molecule has 7 rings (SSSR count). The van der Waals surface area contributed by atoms with E-state index in [0.717, 1.165) is 27.6 Å². The summed E-state index contributed by atoms with van der Waals surface area (Å²) in [5.41, 5.74) is 10.8. The standard InChI is InChI=1S/C42H40N6O10/c1-2-28-29-17-27(55-20-24-7-4-3-5-8-24)14-15-33(29)47-36-31(28)19-48-35(36)18-30-32(39(48)51)22-56-40(52)37(30)58-42(54)57-21-25-10-12-26(13-11-25)46-38(50)34(45-23-49)9-6-16-44-41(43)53/h3-5,7-8,10-15,17-18,23,34,37H,2,6,9,16,19-22H2,1H3,(H,45,49)(H,46,50)(H3,43,44,53). The van der Waals surface area contributed by atoms with E-state index >= 15 is 0 Å². The Labute approximate surface area is 331 Å². The number of primary amides is 1. The highest BCUT2D eigenvalue weighted by molar-refractivity contribution is 5.96. The van der Waals surface area contributed by atoms with E-state index in [1.807, 2.05) is 55.5 Å². The zero-order valence-corrected chi connectivity index (χ0v) is 31.4. The minimum atomic E-state index is -1.55. The highest BCUT2D eigenvalue weighted by atomic mass is 16.7. The Kier molecular flexibility index (Phi) is 11.6. The van der Waals surface area contributed by atoms with Gasteiger partial charge < -0.3 is 45.2 Å². The number of nitrogens with one attached hydrogen (secondary N) is 3. The number of ether oxygens (including phenoxy) is 4. The van der Waals surface area contributed by atoms with Gasteiger partial charge in [-0.3, -0.25) is 14.4 Å². The number of carbonyl (C=O) groups excluding carboxylic acids is 5. The number of nitrogens with two attached hydrogens (primary N) is 1. The largest absolute Gasteiger partial charge is 0.509 e. The van der Waals surface area contributed by atoms with E-state index in [1.165, 1.54) is 0 Å². The molecule has 0 saturated carbocycles. The second kappa shape index (κ2) is 17.3. The molecule has 0 radical (unpaired) electrons. The minimum absolute atomic E-state index is 0.193. The van der Waals surface area contributed by atoms with Gasteiger partial charge in [-0.1, -0.05) is 49.4 Å². The van der Waals surface area contributed by atoms with Gasteiger partial charge in [0, 0.05) is 28.7 Å². The molecule has 0 spiro atoms. The summed E-state index contributed by atoms with van der Waals surface area (Å²) in [5.74, 6) is -0.619. The third-order valence-corrected chi connectivity index (χ3v) is 9.97. The molecule has 0 saturated heterocycles. The summed E-state index contributed by atoms with van der Waals surface area (Å²) in [5, 5.41) is 8.49. The zero-order chi connectivity index (χ0) is 40.8. The van der Waals surface area contributed by atoms with Crippen molar-refractivity contribution < 1.29 is 42.9 Å². The van der Waals surface area contributed by atoms with Crippen LogP contribution in [0.4, 0.5) is 15.3 Å². The summed E-state index contributed by atoms with van der Waals surface area (Å²) in [6.45, 7) is 2.45. The highest BCUT2D eigenvalue weighted by Gasteiger charge is 2.38. The molecular weight excluding hydrogens is 748 g/mol. The van der Waals surface area contributed by atoms with Gasteiger partial charge in [-0.2, -0.15) is 0 Å². The molecular formula is C42H40N6O10. The number of anilines is 1. The molecule has 2 atom stereocenters. The number of benzene rings is 3. The number of rotatable bonds is 15. The smallest absolute Gasteiger partial charge is 0.489 e. The molecule has 16 heteroatoms. The molecule has 298 valence electrons. The fraction of sp³-hybridized carbons (Fsp3) is 0.262. The van der Waals surface area contributed by atoms with Crippen LogP contribution >= 0.6 is 0 Å². The second-order valence-electron chi connectivity index (χ2n) is 13.7. The van der Waals surface area contributed by atoms with Crippen LogP contribution in [0.1, 0.15) is 59.3 Å². The number of aromatic nitrogens is 2. The maximum atomic E-state index is 13.9. The predicted molar refractivity (Wildman–Crippen MR) is 209 cm³/mol. The Morgan fingerprint density at radius 1 is 1.00 bits per heavy atom. The second-order valence-corrected chi connectivity index (χ2v) is 13.7. The lowest BCUT2D eigenvalue weighted by Gasteiger charge is -2.24. The minimum Gasteiger partial charge on any atom is -0.489 e. The summed E-state index contributed by atoms with van der Waals surface area (Å²) in [4.78, 5) is 79.5. The van der Waals surface area contributed by atoms with Gasteiger partial charge in [0.15, 0.2) is 0 Å². The fourth-order valence-corrected chi connectivity index (χ4v) is 7.10. The number of fused-ring (bicyclic) bond motifs is 5. The maximum absolute atomic E-state index is 13.9. The molecule has 5 aromatic rings. The van der Waals surface area contributed by atoms with Crippen molar-refractivity contribution in [1.29, 1.82) is 0 Å². The summed E-state index contributed by atoms with van der Waals surface area (Å²) < 4.78 is 23.8. The molecule has 0 aliphatic carbocycles. The Balaban J connectivity index is 1.03. The Morgan fingerprint density at radius 3 is 2.52 bits per heavy atom. The van der Waals surface area contributed by atoms with Crippen molar-refractivity contribution in [1.82, 2.24) is 20.2 Å². The number of aryl methyl sites for hydroxylation is 1. The molecule has 2 aliphatic heterocycles. The molecule has 58 heavy (non-hydrogen) atoms. The average Bonchev–Trinajstić information content (AvgIpc) is 3.59. The summed E-state index contributed by atoms with van der Waals surface area (Å²) in [6, 6.07) is 22.1. The molecule has 2 unspecified atom stereocenters. The molecule has 5 N–H and O–H groups in total. The van der Waals surface area contributed by atoms with Crippen molar-refractivity contribution in [2.75, 3.05) is 11.9 Å². The number of carbonyl (C=O) groups is 5. The van der Waals surface area contributed by atoms with Gasteiger partial charge in [0.05, 0.1) is 29.0 Å². The van der Waals surface area contributed by atoms with Crippen molar-refractivity contribution in [3.05, 3.63) is 123 Å². The van der Waals surface area contributed by atoms with Crippen LogP contribution in [0.15, 0.2) is 83.7 Å². The summed E-state index contributed by atoms with van der Waals surface area (Å²) in [7, 11) is 0. The van der Waals surface area contributed by atoms with Crippen LogP contribution in [0, 0.1) is 0 Å². The summed E-state index contributed by atoms with van der Waals surface area (Å²) >= 11 is 0. The first-order chi connectivity index (χ1) is 28.1. The number of cyclic esters (lactones) is 1. The van der Waals surface area contributed by atoms with Crippen LogP contribution in [-0.4, -0.2) is 52.6 Å². The van der Waals surface area contributed by atoms with E-state index < -0.39 is 36.2 Å². The topological polar surface area (TPSA) is 219 Å². The van der Waals surface area contributed by atoms with Gasteiger partial charge in [0.1, 0.15) is 31.6 Å². The van der Waals surface area contributed by atoms with Crippen LogP contribution in [0.2, 0.25) is 0 Å². The summed E-state index contributed by atoms with van der Waals surface area (Å²) in [6.07, 6.45) is -0.977. The van der Waals surface area contributed by atoms with Crippen molar-refractivity contribution in [3.63, 3.8) is 0 Å². The van der Waals surface area contributed by atoms with Crippen molar-refractivity contribution in [3.8, 4) is 17.1 Å². The number of hydrogen-bond acceptors (Lipinski definition) is 11. The number of amides is 4. The lowest BCUT2D eigenvalue weighted by Crippen LogP contribution is -2.40. The normalized spacial score (nSPS) is 14.2. The van der Waals surface area contributed by atoms with Crippen LogP contribution in [0.25, 0.3) is 22.3 Å². The molecule has 3 aromatic carbocycles. The fourth-order valence-electron chi connectivity index (χ4n) is 7.10. The van der Waals surface area contributed by atoms with Crippen molar-refractivity contribution >= 4 is 47.1 Å². The van der Waals surface area contributed by atoms with E-state index in [4.69, 9.17) is 29.7 Å². The first-order valence-electron chi connectivity index (χ1n) is 18.7. The van der Waals surface area contributed by atoms with Gasteiger partial charge in [-0.15, -0.1) is 0 Å². The zero-order valence-electron chi connectivity index (χ0n) is 31.4. The van der Waals surface area contributed by atoms with Crippen LogP contribution in [0.3, 0.4) is 0 Å². The highest BCUT2D eigenvalue weighted by Crippen LogP contribution is 2.39. The molecule has 4 heterocycles. The quantitative estimate of drug-likeness (QED) is 0.0644. The third-order valence-electron chi connectivity index (χ3n) is 9.97. The third kappa shape index (κ3) is 8.45. The van der Waals surface area contributed by atoms with Gasteiger partial charge in [0.25, 0.3) is 5.56 Å². The van der Waals surface area contributed by atoms with Gasteiger partial charge in [0.2, 0.25) is 18.4 Å². The van der Waals surface area contributed by atoms with Crippen molar-refractivity contribution in [2.24, 2.45) is 5.73 Å². The van der Waals surface area contributed by atoms with Gasteiger partial charge in [-0.05, 0) is 72.4 Å². The van der Waals surface area contributed by atoms with E-state index in [0.29, 0.717) is 54.2 Å². The van der Waals surface area contributed by atoms with Gasteiger partial charge in [-0.25, -0.2) is 19.4 Å². The Bertz CT molecular complexity index is 2450. The Morgan fingerprint density at radius 2 is 1.78 bits per heavy atom. The van der Waals surface area contributed by atoms with E-state index in [9.17, 15) is 28.8 Å². The molecule has 2 aliphatic rings. The van der Waals surface area contributed by atoms with Crippen molar-refractivity contribution in [2.45, 2.75) is 64.7 Å². The molecule has 0 bridgehead atoms. The van der Waals surface area contributed by atoms with E-state index in [-0.39, 0.29) is 49.4 Å². The van der Waals surface area contributed by atoms with Crippen LogP contribution in [0.5, 0.6) is 5.75 Å². The number of esters is 1. The van der Waals surface area contributed by atoms with E-state index in [1.54, 1.807) is 34.9 Å². The monoisotopic (exact) mass is 788 g/mol. The lowest BCUT2D eigenvalue weighted by atomic mass is 9.97. The first kappa shape index (κ1) is 39.0. The predicted octanol–water partition coefficient (Wildman–Crippen LogP) is 4.52.